The summed E-state index contributed by atoms with van der Waals surface area (Å²) < 4.78 is 68.9. The number of halogens is 3. The van der Waals surface area contributed by atoms with Crippen molar-refractivity contribution in [1.82, 2.24) is 25.3 Å². The average Bonchev–Trinajstić information content (AvgIpc) is 3.47. The fraction of sp³-hybridized carbons (Fsp3) is 0.357. The normalized spacial score (nSPS) is 12.1. The Morgan fingerprint density at radius 3 is 2.20 bits per heavy atom. The van der Waals surface area contributed by atoms with E-state index < -0.39 is 33.8 Å². The first-order chi connectivity index (χ1) is 20.9. The Balaban J connectivity index is 0.00000232. The third-order valence-corrected chi connectivity index (χ3v) is 6.97. The smallest absolute Gasteiger partial charge is 0.368 e. The number of amides is 2. The van der Waals surface area contributed by atoms with Crippen LogP contribution in [0.4, 0.5) is 13.2 Å². The van der Waals surface area contributed by atoms with Gasteiger partial charge in [0.1, 0.15) is 6.04 Å². The van der Waals surface area contributed by atoms with Crippen LogP contribution in [0.2, 0.25) is 0 Å². The van der Waals surface area contributed by atoms with Crippen LogP contribution in [0.3, 0.4) is 0 Å². The first-order valence-electron chi connectivity index (χ1n) is 13.7. The highest BCUT2D eigenvalue weighted by atomic mass is 32.2. The molecule has 2 amide bonds. The molecule has 44 heavy (non-hydrogen) atoms. The largest absolute Gasteiger partial charge is 0.435 e. The highest BCUT2D eigenvalue weighted by molar-refractivity contribution is 7.90. The third kappa shape index (κ3) is 10.7. The van der Waals surface area contributed by atoms with Crippen molar-refractivity contribution in [1.29, 1.82) is 0 Å². The Morgan fingerprint density at radius 1 is 1.09 bits per heavy atom. The Labute approximate surface area is 254 Å². The number of hydrogen-bond acceptors (Lipinski definition) is 7. The number of aryl methyl sites for hydroxylation is 1. The van der Waals surface area contributed by atoms with Crippen LogP contribution in [0.1, 0.15) is 51.8 Å². The van der Waals surface area contributed by atoms with Crippen molar-refractivity contribution in [3.8, 4) is 16.9 Å². The molecule has 12 nitrogen and oxygen atoms in total. The Bertz CT molecular complexity index is 1470. The van der Waals surface area contributed by atoms with Crippen molar-refractivity contribution < 1.29 is 36.4 Å². The van der Waals surface area contributed by atoms with Crippen LogP contribution in [0, 0.1) is 6.92 Å². The number of nitrogens with two attached hydrogens (primary N) is 1. The molecule has 6 N–H and O–H groups in total. The Hall–Kier alpha value is -4.44. The van der Waals surface area contributed by atoms with Crippen LogP contribution in [0.5, 0.6) is 0 Å². The lowest BCUT2D eigenvalue weighted by atomic mass is 10.1. The quantitative estimate of drug-likeness (QED) is 0.0687. The number of benzene rings is 2. The van der Waals surface area contributed by atoms with E-state index in [0.29, 0.717) is 5.56 Å². The van der Waals surface area contributed by atoms with Crippen LogP contribution >= 0.6 is 0 Å². The van der Waals surface area contributed by atoms with Gasteiger partial charge in [0, 0.05) is 12.1 Å². The standard InChI is InChI=1S/C24H26F3N7O5S.2C2H6/c1-15-4-6-16(7-5-15)20-13-21(24(25,26)27)31-34(20)17-8-10-18(11-9-17)40(38,39)33-22(36)19(30-14-35)3-2-12-29-23(28)32-37;2*1-2/h4-11,13-14,19,37H,2-3,12H2,1H3,(H,30,35)(H,33,36)(H3,28,29,32);2*1-2H3. The number of alkyl halides is 3. The van der Waals surface area contributed by atoms with Crippen molar-refractivity contribution in [2.75, 3.05) is 6.54 Å². The Kier molecular flexibility index (Phi) is 15.1. The first-order valence-corrected chi connectivity index (χ1v) is 15.1. The lowest BCUT2D eigenvalue weighted by molar-refractivity contribution is -0.141. The van der Waals surface area contributed by atoms with E-state index in [4.69, 9.17) is 10.9 Å². The molecule has 3 aromatic rings. The number of guanidine groups is 1. The predicted molar refractivity (Wildman–Crippen MR) is 160 cm³/mol. The molecule has 1 heterocycles. The average molecular weight is 642 g/mol. The van der Waals surface area contributed by atoms with Crippen molar-refractivity contribution in [3.05, 3.63) is 65.9 Å². The van der Waals surface area contributed by atoms with Crippen molar-refractivity contribution in [2.45, 2.75) is 64.6 Å². The summed E-state index contributed by atoms with van der Waals surface area (Å²) >= 11 is 0. The maximum absolute atomic E-state index is 13.4. The number of rotatable bonds is 11. The topological polar surface area (TPSA) is 181 Å². The summed E-state index contributed by atoms with van der Waals surface area (Å²) in [5.74, 6) is -1.27. The van der Waals surface area contributed by atoms with E-state index >= 15 is 0 Å². The number of hydrogen-bond donors (Lipinski definition) is 5. The molecule has 1 unspecified atom stereocenters. The van der Waals surface area contributed by atoms with Gasteiger partial charge < -0.3 is 11.1 Å². The van der Waals surface area contributed by atoms with Crippen LogP contribution in [-0.2, 0) is 25.8 Å². The van der Waals surface area contributed by atoms with E-state index in [1.807, 2.05) is 39.3 Å². The van der Waals surface area contributed by atoms with E-state index in [1.165, 1.54) is 12.1 Å². The van der Waals surface area contributed by atoms with Gasteiger partial charge in [0.2, 0.25) is 12.4 Å². The zero-order chi connectivity index (χ0) is 33.5. The van der Waals surface area contributed by atoms with Gasteiger partial charge in [-0.3, -0.25) is 19.8 Å². The van der Waals surface area contributed by atoms with Crippen LogP contribution in [-0.4, -0.2) is 54.3 Å². The first kappa shape index (κ1) is 37.6. The molecule has 0 aliphatic heterocycles. The summed E-state index contributed by atoms with van der Waals surface area (Å²) in [6.45, 7) is 9.91. The summed E-state index contributed by atoms with van der Waals surface area (Å²) in [5, 5.41) is 14.5. The molecule has 0 aliphatic carbocycles. The van der Waals surface area contributed by atoms with Crippen molar-refractivity contribution in [2.24, 2.45) is 10.7 Å². The van der Waals surface area contributed by atoms with Gasteiger partial charge in [-0.2, -0.15) is 18.3 Å². The molecular weight excluding hydrogens is 603 g/mol. The van der Waals surface area contributed by atoms with Gasteiger partial charge in [-0.25, -0.2) is 23.3 Å². The lowest BCUT2D eigenvalue weighted by Gasteiger charge is -2.16. The van der Waals surface area contributed by atoms with Crippen LogP contribution < -0.4 is 21.3 Å². The molecule has 0 saturated carbocycles. The molecule has 3 rings (SSSR count). The molecule has 0 radical (unpaired) electrons. The lowest BCUT2D eigenvalue weighted by Crippen LogP contribution is -2.45. The number of sulfonamides is 1. The zero-order valence-corrected chi connectivity index (χ0v) is 25.8. The van der Waals surface area contributed by atoms with Gasteiger partial charge >= 0.3 is 6.18 Å². The van der Waals surface area contributed by atoms with Gasteiger partial charge in [0.05, 0.1) is 16.3 Å². The SMILES string of the molecule is CC.CC.Cc1ccc(-c2cc(C(F)(F)F)nn2-c2ccc(S(=O)(=O)NC(=O)C(CCCN=C(N)NO)NC=O)cc2)cc1. The van der Waals surface area contributed by atoms with Gasteiger partial charge in [0.15, 0.2) is 5.69 Å². The molecule has 0 fully saturated rings. The molecular formula is C28H38F3N7O5S. The number of aromatic nitrogens is 2. The number of carbonyl (C=O) groups excluding carboxylic acids is 2. The van der Waals surface area contributed by atoms with Gasteiger partial charge in [-0.1, -0.05) is 57.5 Å². The molecule has 2 aromatic carbocycles. The highest BCUT2D eigenvalue weighted by Crippen LogP contribution is 2.33. The highest BCUT2D eigenvalue weighted by Gasteiger charge is 2.35. The summed E-state index contributed by atoms with van der Waals surface area (Å²) in [4.78, 5) is 26.9. The minimum Gasteiger partial charge on any atom is -0.368 e. The van der Waals surface area contributed by atoms with Crippen LogP contribution in [0.25, 0.3) is 16.9 Å². The maximum Gasteiger partial charge on any atom is 0.435 e. The third-order valence-electron chi connectivity index (χ3n) is 5.61. The minimum atomic E-state index is -4.71. The van der Waals surface area contributed by atoms with Gasteiger partial charge in [-0.05, 0) is 50.1 Å². The molecule has 1 aromatic heterocycles. The summed E-state index contributed by atoms with van der Waals surface area (Å²) in [5.41, 5.74) is 7.43. The molecule has 1 atom stereocenters. The molecule has 242 valence electrons. The second kappa shape index (κ2) is 17.6. The summed E-state index contributed by atoms with van der Waals surface area (Å²) in [7, 11) is -4.41. The van der Waals surface area contributed by atoms with E-state index in [2.05, 4.69) is 15.4 Å². The molecule has 0 saturated heterocycles. The number of hydroxylamine groups is 1. The van der Waals surface area contributed by atoms with Crippen molar-refractivity contribution in [3.63, 3.8) is 0 Å². The summed E-state index contributed by atoms with van der Waals surface area (Å²) in [6.07, 6.45) is -4.25. The van der Waals surface area contributed by atoms with Gasteiger partial charge in [-0.15, -0.1) is 0 Å². The molecule has 0 bridgehead atoms. The summed E-state index contributed by atoms with van der Waals surface area (Å²) in [6, 6.07) is 11.2. The number of nitrogens with one attached hydrogen (secondary N) is 3. The molecule has 0 spiro atoms. The molecule has 16 heteroatoms. The maximum atomic E-state index is 13.4. The number of carbonyl (C=O) groups is 2. The fourth-order valence-corrected chi connectivity index (χ4v) is 4.60. The van der Waals surface area contributed by atoms with Crippen LogP contribution in [0.15, 0.2) is 64.5 Å². The monoisotopic (exact) mass is 641 g/mol. The molecule has 0 aliphatic rings. The Morgan fingerprint density at radius 2 is 1.68 bits per heavy atom. The van der Waals surface area contributed by atoms with E-state index in [0.717, 1.165) is 28.4 Å². The second-order valence-corrected chi connectivity index (χ2v) is 10.2. The number of nitrogens with zero attached hydrogens (tertiary/aromatic N) is 3. The van der Waals surface area contributed by atoms with E-state index in [-0.39, 0.29) is 48.0 Å². The zero-order valence-electron chi connectivity index (χ0n) is 25.0. The fourth-order valence-electron chi connectivity index (χ4n) is 3.58. The van der Waals surface area contributed by atoms with Crippen molar-refractivity contribution >= 4 is 28.3 Å². The van der Waals surface area contributed by atoms with E-state index in [9.17, 15) is 31.2 Å². The van der Waals surface area contributed by atoms with Gasteiger partial charge in [0.25, 0.3) is 15.9 Å². The minimum absolute atomic E-state index is 0.00383. The van der Waals surface area contributed by atoms with E-state index in [1.54, 1.807) is 29.7 Å². The number of aliphatic imine (C=N–C) groups is 1. The second-order valence-electron chi connectivity index (χ2n) is 8.51. The predicted octanol–water partition coefficient (Wildman–Crippen LogP) is 3.91.